The average Bonchev–Trinajstić information content (AvgIpc) is 2.32. The molecule has 110 valence electrons. The fraction of sp³-hybridized carbons (Fsp3) is 1.00. The third kappa shape index (κ3) is 12.4. The summed E-state index contributed by atoms with van der Waals surface area (Å²) in [6, 6.07) is 0.685. The Morgan fingerprint density at radius 1 is 0.833 bits per heavy atom. The Morgan fingerprint density at radius 2 is 1.39 bits per heavy atom. The van der Waals surface area contributed by atoms with Crippen molar-refractivity contribution in [2.45, 2.75) is 77.7 Å². The van der Waals surface area contributed by atoms with Gasteiger partial charge in [-0.2, -0.15) is 0 Å². The van der Waals surface area contributed by atoms with Gasteiger partial charge in [0.15, 0.2) is 0 Å². The van der Waals surface area contributed by atoms with Crippen LogP contribution in [0.1, 0.15) is 71.6 Å². The number of unbranched alkanes of at least 4 members (excludes halogenated alkanes) is 7. The van der Waals surface area contributed by atoms with Crippen LogP contribution in [0.25, 0.3) is 0 Å². The molecular weight excluding hydrogens is 220 g/mol. The molecule has 0 rings (SSSR count). The van der Waals surface area contributed by atoms with Crippen LogP contribution in [0, 0.1) is 0 Å². The van der Waals surface area contributed by atoms with E-state index in [1.165, 1.54) is 64.3 Å². The van der Waals surface area contributed by atoms with Gasteiger partial charge in [-0.1, -0.05) is 65.2 Å². The van der Waals surface area contributed by atoms with Crippen molar-refractivity contribution >= 4 is 0 Å². The van der Waals surface area contributed by atoms with Crippen LogP contribution in [0.2, 0.25) is 0 Å². The Balaban J connectivity index is 3.37. The maximum absolute atomic E-state index is 3.59. The minimum Gasteiger partial charge on any atom is -0.313 e. The molecule has 2 heteroatoms. The van der Waals surface area contributed by atoms with E-state index < -0.39 is 0 Å². The quantitative estimate of drug-likeness (QED) is 0.500. The van der Waals surface area contributed by atoms with Gasteiger partial charge in [-0.15, -0.1) is 0 Å². The summed E-state index contributed by atoms with van der Waals surface area (Å²) < 4.78 is 0. The van der Waals surface area contributed by atoms with E-state index in [4.69, 9.17) is 0 Å². The molecular formula is C16H36N2. The van der Waals surface area contributed by atoms with Crippen molar-refractivity contribution in [3.8, 4) is 0 Å². The van der Waals surface area contributed by atoms with Crippen molar-refractivity contribution in [3.05, 3.63) is 0 Å². The van der Waals surface area contributed by atoms with Gasteiger partial charge >= 0.3 is 0 Å². The SMILES string of the molecule is CCCCCCCCCCC(CN(C)C)NCC. The van der Waals surface area contributed by atoms with Crippen molar-refractivity contribution in [2.75, 3.05) is 27.2 Å². The molecule has 0 aliphatic carbocycles. The molecule has 0 aliphatic heterocycles. The molecule has 1 atom stereocenters. The molecule has 1 N–H and O–H groups in total. The van der Waals surface area contributed by atoms with E-state index in [0.29, 0.717) is 6.04 Å². The molecule has 0 heterocycles. The van der Waals surface area contributed by atoms with E-state index in [-0.39, 0.29) is 0 Å². The monoisotopic (exact) mass is 256 g/mol. The molecule has 18 heavy (non-hydrogen) atoms. The molecule has 0 aromatic carbocycles. The van der Waals surface area contributed by atoms with E-state index >= 15 is 0 Å². The van der Waals surface area contributed by atoms with Crippen LogP contribution in [0.4, 0.5) is 0 Å². The number of nitrogens with one attached hydrogen (secondary N) is 1. The first-order valence-corrected chi connectivity index (χ1v) is 8.08. The summed E-state index contributed by atoms with van der Waals surface area (Å²) >= 11 is 0. The van der Waals surface area contributed by atoms with Gasteiger partial charge in [0, 0.05) is 12.6 Å². The normalized spacial score (nSPS) is 13.2. The van der Waals surface area contributed by atoms with Gasteiger partial charge in [-0.05, 0) is 27.1 Å². The highest BCUT2D eigenvalue weighted by atomic mass is 15.1. The number of rotatable bonds is 13. The second-order valence-corrected chi connectivity index (χ2v) is 5.78. The molecule has 0 aromatic rings. The Labute approximate surface area is 116 Å². The van der Waals surface area contributed by atoms with Crippen LogP contribution >= 0.6 is 0 Å². The topological polar surface area (TPSA) is 15.3 Å². The van der Waals surface area contributed by atoms with Crippen LogP contribution in [-0.4, -0.2) is 38.1 Å². The highest BCUT2D eigenvalue weighted by molar-refractivity contribution is 4.68. The van der Waals surface area contributed by atoms with Gasteiger partial charge in [0.05, 0.1) is 0 Å². The van der Waals surface area contributed by atoms with Gasteiger partial charge in [0.2, 0.25) is 0 Å². The summed E-state index contributed by atoms with van der Waals surface area (Å²) in [5.41, 5.74) is 0. The first kappa shape index (κ1) is 17.9. The summed E-state index contributed by atoms with van der Waals surface area (Å²) in [5, 5.41) is 3.59. The van der Waals surface area contributed by atoms with Crippen LogP contribution in [0.5, 0.6) is 0 Å². The lowest BCUT2D eigenvalue weighted by Gasteiger charge is -2.21. The van der Waals surface area contributed by atoms with Gasteiger partial charge in [-0.3, -0.25) is 0 Å². The Hall–Kier alpha value is -0.0800. The lowest BCUT2D eigenvalue weighted by Crippen LogP contribution is -2.38. The molecule has 0 spiro atoms. The Kier molecular flexibility index (Phi) is 13.3. The first-order chi connectivity index (χ1) is 8.70. The Morgan fingerprint density at radius 3 is 1.89 bits per heavy atom. The summed E-state index contributed by atoms with van der Waals surface area (Å²) in [4.78, 5) is 2.29. The Bertz CT molecular complexity index is 157. The summed E-state index contributed by atoms with van der Waals surface area (Å²) in [6.45, 7) is 6.75. The number of nitrogens with zero attached hydrogens (tertiary/aromatic N) is 1. The van der Waals surface area contributed by atoms with Crippen LogP contribution < -0.4 is 5.32 Å². The molecule has 0 radical (unpaired) electrons. The van der Waals surface area contributed by atoms with Crippen molar-refractivity contribution in [3.63, 3.8) is 0 Å². The standard InChI is InChI=1S/C16H36N2/c1-5-7-8-9-10-11-12-13-14-16(17-6-2)15-18(3)4/h16-17H,5-15H2,1-4H3. The third-order valence-corrected chi connectivity index (χ3v) is 3.48. The van der Waals surface area contributed by atoms with Gasteiger partial charge in [0.1, 0.15) is 0 Å². The minimum absolute atomic E-state index is 0.685. The fourth-order valence-electron chi connectivity index (χ4n) is 2.51. The molecule has 0 bridgehead atoms. The smallest absolute Gasteiger partial charge is 0.0194 e. The molecule has 0 aromatic heterocycles. The zero-order valence-electron chi connectivity index (χ0n) is 13.3. The van der Waals surface area contributed by atoms with E-state index in [0.717, 1.165) is 6.54 Å². The van der Waals surface area contributed by atoms with Crippen molar-refractivity contribution in [1.82, 2.24) is 10.2 Å². The van der Waals surface area contributed by atoms with Gasteiger partial charge < -0.3 is 10.2 Å². The van der Waals surface area contributed by atoms with Gasteiger partial charge in [-0.25, -0.2) is 0 Å². The van der Waals surface area contributed by atoms with E-state index in [2.05, 4.69) is 38.2 Å². The van der Waals surface area contributed by atoms with Crippen LogP contribution in [0.3, 0.4) is 0 Å². The van der Waals surface area contributed by atoms with Crippen molar-refractivity contribution in [2.24, 2.45) is 0 Å². The van der Waals surface area contributed by atoms with Gasteiger partial charge in [0.25, 0.3) is 0 Å². The maximum atomic E-state index is 3.59. The van der Waals surface area contributed by atoms with E-state index in [1.807, 2.05) is 0 Å². The summed E-state index contributed by atoms with van der Waals surface area (Å²) in [7, 11) is 4.33. The summed E-state index contributed by atoms with van der Waals surface area (Å²) in [5.74, 6) is 0. The number of hydrogen-bond donors (Lipinski definition) is 1. The zero-order valence-corrected chi connectivity index (χ0v) is 13.3. The molecule has 0 aliphatic rings. The van der Waals surface area contributed by atoms with Crippen molar-refractivity contribution < 1.29 is 0 Å². The van der Waals surface area contributed by atoms with Crippen LogP contribution in [-0.2, 0) is 0 Å². The molecule has 0 fully saturated rings. The zero-order chi connectivity index (χ0) is 13.6. The molecule has 0 saturated heterocycles. The summed E-state index contributed by atoms with van der Waals surface area (Å²) in [6.07, 6.45) is 12.7. The molecule has 0 saturated carbocycles. The average molecular weight is 256 g/mol. The van der Waals surface area contributed by atoms with Crippen LogP contribution in [0.15, 0.2) is 0 Å². The number of hydrogen-bond acceptors (Lipinski definition) is 2. The highest BCUT2D eigenvalue weighted by Gasteiger charge is 2.07. The highest BCUT2D eigenvalue weighted by Crippen LogP contribution is 2.10. The van der Waals surface area contributed by atoms with E-state index in [9.17, 15) is 0 Å². The largest absolute Gasteiger partial charge is 0.313 e. The maximum Gasteiger partial charge on any atom is 0.0194 e. The lowest BCUT2D eigenvalue weighted by molar-refractivity contribution is 0.323. The lowest BCUT2D eigenvalue weighted by atomic mass is 10.0. The molecule has 0 amide bonds. The number of likely N-dealkylation sites (N-methyl/N-ethyl adjacent to an activating group) is 2. The predicted molar refractivity (Wildman–Crippen MR) is 83.2 cm³/mol. The van der Waals surface area contributed by atoms with Crippen molar-refractivity contribution in [1.29, 1.82) is 0 Å². The molecule has 1 unspecified atom stereocenters. The minimum atomic E-state index is 0.685. The second-order valence-electron chi connectivity index (χ2n) is 5.78. The fourth-order valence-corrected chi connectivity index (χ4v) is 2.51. The predicted octanol–water partition coefficient (Wildman–Crippen LogP) is 4.06. The molecule has 2 nitrogen and oxygen atoms in total. The third-order valence-electron chi connectivity index (χ3n) is 3.48. The van der Waals surface area contributed by atoms with E-state index in [1.54, 1.807) is 0 Å². The second kappa shape index (κ2) is 13.4. The first-order valence-electron chi connectivity index (χ1n) is 8.08.